The number of likely N-dealkylation sites (tertiary alicyclic amines) is 1. The summed E-state index contributed by atoms with van der Waals surface area (Å²) in [4.78, 5) is 18.2. The van der Waals surface area contributed by atoms with Gasteiger partial charge in [-0.3, -0.25) is 4.79 Å². The molecule has 3 heterocycles. The van der Waals surface area contributed by atoms with Gasteiger partial charge < -0.3 is 9.47 Å². The molecule has 1 saturated heterocycles. The number of halogens is 3. The Morgan fingerprint density at radius 3 is 2.86 bits per heavy atom. The zero-order valence-electron chi connectivity index (χ0n) is 11.9. The molecule has 116 valence electrons. The van der Waals surface area contributed by atoms with E-state index >= 15 is 0 Å². The van der Waals surface area contributed by atoms with Crippen LogP contribution in [-0.4, -0.2) is 39.6 Å². The van der Waals surface area contributed by atoms with Gasteiger partial charge in [-0.15, -0.1) is 0 Å². The third-order valence-electron chi connectivity index (χ3n) is 4.37. The van der Waals surface area contributed by atoms with Crippen LogP contribution in [0, 0.1) is 11.3 Å². The molecule has 2 aliphatic rings. The van der Waals surface area contributed by atoms with Crippen molar-refractivity contribution in [1.82, 2.24) is 14.5 Å². The van der Waals surface area contributed by atoms with Crippen molar-refractivity contribution < 1.29 is 18.0 Å². The van der Waals surface area contributed by atoms with Gasteiger partial charge in [-0.2, -0.15) is 13.2 Å². The van der Waals surface area contributed by atoms with E-state index in [-0.39, 0.29) is 24.9 Å². The Balaban J connectivity index is 1.57. The van der Waals surface area contributed by atoms with E-state index in [1.54, 1.807) is 18.0 Å². The molecule has 1 fully saturated rings. The minimum atomic E-state index is -4.17. The quantitative estimate of drug-likeness (QED) is 0.840. The molecule has 2 aliphatic heterocycles. The fourth-order valence-electron chi connectivity index (χ4n) is 3.45. The summed E-state index contributed by atoms with van der Waals surface area (Å²) in [6, 6.07) is 0. The summed E-state index contributed by atoms with van der Waals surface area (Å²) >= 11 is 0. The van der Waals surface area contributed by atoms with Crippen LogP contribution in [0.15, 0.2) is 12.4 Å². The fraction of sp³-hybridized carbons (Fsp3) is 0.714. The number of carbonyl (C=O) groups excluding carboxylic acids is 1. The average Bonchev–Trinajstić information content (AvgIpc) is 2.79. The number of hydrogen-bond acceptors (Lipinski definition) is 2. The normalized spacial score (nSPS) is 24.4. The second kappa shape index (κ2) is 4.74. The first-order chi connectivity index (χ1) is 9.76. The van der Waals surface area contributed by atoms with Crippen molar-refractivity contribution in [3.8, 4) is 0 Å². The Hall–Kier alpha value is -1.53. The smallest absolute Gasteiger partial charge is 0.341 e. The highest BCUT2D eigenvalue weighted by Crippen LogP contribution is 2.41. The summed E-state index contributed by atoms with van der Waals surface area (Å²) in [6.45, 7) is 2.59. The monoisotopic (exact) mass is 301 g/mol. The third kappa shape index (κ3) is 2.91. The van der Waals surface area contributed by atoms with Crippen LogP contribution in [0.25, 0.3) is 0 Å². The Morgan fingerprint density at radius 2 is 2.19 bits per heavy atom. The summed E-state index contributed by atoms with van der Waals surface area (Å²) in [5.41, 5.74) is -0.817. The number of nitrogens with zero attached hydrogens (tertiary/aromatic N) is 3. The van der Waals surface area contributed by atoms with Crippen LogP contribution in [0.1, 0.15) is 25.6 Å². The van der Waals surface area contributed by atoms with E-state index in [1.807, 2.05) is 10.8 Å². The molecule has 0 radical (unpaired) electrons. The molecule has 0 unspecified atom stereocenters. The van der Waals surface area contributed by atoms with Crippen molar-refractivity contribution in [3.05, 3.63) is 18.2 Å². The lowest BCUT2D eigenvalue weighted by atomic mass is 9.77. The summed E-state index contributed by atoms with van der Waals surface area (Å²) in [6.07, 6.45) is 0.0464. The molecule has 1 aromatic rings. The van der Waals surface area contributed by atoms with Crippen molar-refractivity contribution in [1.29, 1.82) is 0 Å². The van der Waals surface area contributed by atoms with E-state index in [2.05, 4.69) is 4.98 Å². The van der Waals surface area contributed by atoms with Gasteiger partial charge in [-0.1, -0.05) is 6.92 Å². The first-order valence-corrected chi connectivity index (χ1v) is 7.11. The third-order valence-corrected chi connectivity index (χ3v) is 4.37. The molecule has 0 aromatic carbocycles. The maximum Gasteiger partial charge on any atom is 0.389 e. The first-order valence-electron chi connectivity index (χ1n) is 7.11. The van der Waals surface area contributed by atoms with Gasteiger partial charge in [0.15, 0.2) is 0 Å². The topological polar surface area (TPSA) is 38.1 Å². The van der Waals surface area contributed by atoms with Gasteiger partial charge in [-0.05, 0) is 6.42 Å². The number of aryl methyl sites for hydroxylation is 1. The van der Waals surface area contributed by atoms with Crippen molar-refractivity contribution in [2.75, 3.05) is 13.1 Å². The van der Waals surface area contributed by atoms with Crippen LogP contribution in [0.3, 0.4) is 0 Å². The molecule has 0 aliphatic carbocycles. The maximum atomic E-state index is 12.5. The Kier molecular flexibility index (Phi) is 3.26. The van der Waals surface area contributed by atoms with E-state index in [1.165, 1.54) is 0 Å². The van der Waals surface area contributed by atoms with Gasteiger partial charge in [0, 0.05) is 43.9 Å². The summed E-state index contributed by atoms with van der Waals surface area (Å²) in [5.74, 6) is 0.820. The zero-order chi connectivity index (χ0) is 15.3. The molecule has 3 rings (SSSR count). The van der Waals surface area contributed by atoms with E-state index < -0.39 is 18.0 Å². The van der Waals surface area contributed by atoms with Gasteiger partial charge in [0.2, 0.25) is 5.91 Å². The van der Waals surface area contributed by atoms with E-state index in [4.69, 9.17) is 0 Å². The molecule has 1 atom stereocenters. The van der Waals surface area contributed by atoms with Gasteiger partial charge in [0.05, 0.1) is 12.3 Å². The number of alkyl halides is 3. The van der Waals surface area contributed by atoms with Crippen molar-refractivity contribution in [3.63, 3.8) is 0 Å². The molecule has 0 N–H and O–H groups in total. The van der Waals surface area contributed by atoms with E-state index in [9.17, 15) is 18.0 Å². The largest absolute Gasteiger partial charge is 0.389 e. The predicted molar refractivity (Wildman–Crippen MR) is 69.4 cm³/mol. The molecule has 0 bridgehead atoms. The number of imidazole rings is 1. The number of fused-ring (bicyclic) bond motifs is 1. The first kappa shape index (κ1) is 14.4. The van der Waals surface area contributed by atoms with Crippen LogP contribution >= 0.6 is 0 Å². The molecular weight excluding hydrogens is 283 g/mol. The fourth-order valence-corrected chi connectivity index (χ4v) is 3.45. The van der Waals surface area contributed by atoms with Gasteiger partial charge in [-0.25, -0.2) is 4.98 Å². The van der Waals surface area contributed by atoms with Gasteiger partial charge in [0.1, 0.15) is 5.82 Å². The molecule has 1 amide bonds. The number of rotatable bonds is 2. The van der Waals surface area contributed by atoms with Gasteiger partial charge in [0.25, 0.3) is 0 Å². The summed E-state index contributed by atoms with van der Waals surface area (Å²) < 4.78 is 39.4. The van der Waals surface area contributed by atoms with E-state index in [0.29, 0.717) is 6.54 Å². The van der Waals surface area contributed by atoms with Crippen molar-refractivity contribution in [2.24, 2.45) is 11.3 Å². The Labute approximate surface area is 120 Å². The zero-order valence-corrected chi connectivity index (χ0v) is 11.9. The Morgan fingerprint density at radius 1 is 1.48 bits per heavy atom. The number of hydrogen-bond donors (Lipinski definition) is 0. The summed E-state index contributed by atoms with van der Waals surface area (Å²) in [5, 5.41) is 0. The van der Waals surface area contributed by atoms with Crippen LogP contribution in [0.2, 0.25) is 0 Å². The average molecular weight is 301 g/mol. The van der Waals surface area contributed by atoms with Crippen molar-refractivity contribution >= 4 is 5.91 Å². The second-order valence-corrected chi connectivity index (χ2v) is 6.53. The molecule has 7 heteroatoms. The molecule has 21 heavy (non-hydrogen) atoms. The molecule has 4 nitrogen and oxygen atoms in total. The van der Waals surface area contributed by atoms with Crippen LogP contribution in [0.5, 0.6) is 0 Å². The lowest BCUT2D eigenvalue weighted by molar-refractivity contribution is -0.184. The molecule has 1 aromatic heterocycles. The lowest BCUT2D eigenvalue weighted by Gasteiger charge is -2.49. The van der Waals surface area contributed by atoms with Crippen LogP contribution < -0.4 is 0 Å². The highest BCUT2D eigenvalue weighted by molar-refractivity contribution is 5.80. The minimum absolute atomic E-state index is 0.0194. The lowest BCUT2D eigenvalue weighted by Crippen LogP contribution is -2.60. The van der Waals surface area contributed by atoms with Crippen LogP contribution in [-0.2, 0) is 17.8 Å². The molecule has 0 spiro atoms. The number of aromatic nitrogens is 2. The highest BCUT2D eigenvalue weighted by Gasteiger charge is 2.49. The van der Waals surface area contributed by atoms with E-state index in [0.717, 1.165) is 18.7 Å². The Bertz CT molecular complexity index is 546. The standard InChI is InChI=1S/C14H18F3N3O/c1-13(7-14(15,16)17)8-20(9-13)12(21)10-2-3-11-18-4-5-19(11)6-10/h4-5,10H,2-3,6-9H2,1H3/t10-/m0/s1. The number of amides is 1. The SMILES string of the molecule is CC1(CC(F)(F)F)CN(C(=O)[C@H]2CCc3nccn3C2)C1. The van der Waals surface area contributed by atoms with Crippen LogP contribution in [0.4, 0.5) is 13.2 Å². The maximum absolute atomic E-state index is 12.5. The van der Waals surface area contributed by atoms with Gasteiger partial charge >= 0.3 is 6.18 Å². The number of carbonyl (C=O) groups is 1. The minimum Gasteiger partial charge on any atom is -0.341 e. The summed E-state index contributed by atoms with van der Waals surface area (Å²) in [7, 11) is 0. The van der Waals surface area contributed by atoms with Crippen molar-refractivity contribution in [2.45, 2.75) is 38.9 Å². The molecule has 0 saturated carbocycles. The highest BCUT2D eigenvalue weighted by atomic mass is 19.4. The molecular formula is C14H18F3N3O. The second-order valence-electron chi connectivity index (χ2n) is 6.53. The predicted octanol–water partition coefficient (Wildman–Crippen LogP) is 2.25.